The number of hydrogen-bond acceptors (Lipinski definition) is 2. The van der Waals surface area contributed by atoms with Crippen LogP contribution in [-0.2, 0) is 16.0 Å². The number of nitrogens with one attached hydrogen (secondary N) is 1. The molecule has 0 aromatic heterocycles. The Balaban J connectivity index is 1.13. The molecule has 4 aliphatic carbocycles. The Hall–Kier alpha value is -1.91. The summed E-state index contributed by atoms with van der Waals surface area (Å²) in [5.74, 6) is 2.43. The van der Waals surface area contributed by atoms with E-state index in [0.717, 1.165) is 55.4 Å². The summed E-state index contributed by atoms with van der Waals surface area (Å²) in [6, 6.07) is 6.33. The predicted molar refractivity (Wildman–Crippen MR) is 108 cm³/mol. The summed E-state index contributed by atoms with van der Waals surface area (Å²) in [6.45, 7) is 1.37. The van der Waals surface area contributed by atoms with Crippen LogP contribution in [0.25, 0.3) is 0 Å². The van der Waals surface area contributed by atoms with Crippen LogP contribution in [0.5, 0.6) is 0 Å². The fourth-order valence-corrected chi connectivity index (χ4v) is 6.89. The summed E-state index contributed by atoms with van der Waals surface area (Å²) in [6.07, 6.45) is 9.30. The van der Waals surface area contributed by atoms with Gasteiger partial charge >= 0.3 is 0 Å². The average molecular weight is 399 g/mol. The number of piperidine rings is 1. The first-order chi connectivity index (χ1) is 14.0. The second-order valence-electron chi connectivity index (χ2n) is 10.1. The zero-order valence-electron chi connectivity index (χ0n) is 17.0. The van der Waals surface area contributed by atoms with Crippen LogP contribution in [0.2, 0.25) is 0 Å². The summed E-state index contributed by atoms with van der Waals surface area (Å²) < 4.78 is 13.0. The van der Waals surface area contributed by atoms with Crippen LogP contribution in [0, 0.1) is 29.0 Å². The van der Waals surface area contributed by atoms with Crippen molar-refractivity contribution in [1.29, 1.82) is 0 Å². The molecule has 1 aromatic carbocycles. The van der Waals surface area contributed by atoms with E-state index in [1.165, 1.54) is 31.4 Å². The molecule has 5 aliphatic rings. The van der Waals surface area contributed by atoms with Crippen LogP contribution in [0.3, 0.4) is 0 Å². The molecule has 1 saturated heterocycles. The van der Waals surface area contributed by atoms with Crippen LogP contribution in [-0.4, -0.2) is 35.8 Å². The van der Waals surface area contributed by atoms with E-state index in [-0.39, 0.29) is 23.2 Å². The van der Waals surface area contributed by atoms with E-state index < -0.39 is 0 Å². The molecule has 4 nitrogen and oxygen atoms in total. The first-order valence-electron chi connectivity index (χ1n) is 11.3. The van der Waals surface area contributed by atoms with Crippen molar-refractivity contribution in [3.8, 4) is 0 Å². The van der Waals surface area contributed by atoms with Crippen LogP contribution in [0.1, 0.15) is 56.9 Å². The minimum Gasteiger partial charge on any atom is -0.353 e. The molecule has 1 heterocycles. The van der Waals surface area contributed by atoms with Crippen LogP contribution < -0.4 is 5.32 Å². The number of likely N-dealkylation sites (tertiary alicyclic amines) is 1. The first kappa shape index (κ1) is 19.1. The van der Waals surface area contributed by atoms with Gasteiger partial charge in [0.05, 0.1) is 6.42 Å². The standard InChI is InChI=1S/C24H31FN2O2/c25-20-3-1-16(2-4-20)12-22(28)27-7-5-21(6-8-27)26-23(29)24-13-17-9-18(14-24)11-19(10-17)15-24/h1-4,17-19,21H,5-15H2,(H,26,29). The fourth-order valence-electron chi connectivity index (χ4n) is 6.89. The maximum absolute atomic E-state index is 13.2. The van der Waals surface area contributed by atoms with Gasteiger partial charge < -0.3 is 10.2 Å². The summed E-state index contributed by atoms with van der Waals surface area (Å²) in [7, 11) is 0. The third kappa shape index (κ3) is 3.80. The molecule has 1 aliphatic heterocycles. The Bertz CT molecular complexity index is 747. The molecule has 5 heteroatoms. The topological polar surface area (TPSA) is 49.4 Å². The van der Waals surface area contributed by atoms with Gasteiger partial charge in [-0.2, -0.15) is 0 Å². The second-order valence-corrected chi connectivity index (χ2v) is 10.1. The lowest BCUT2D eigenvalue weighted by atomic mass is 9.49. The number of nitrogens with zero attached hydrogens (tertiary/aromatic N) is 1. The van der Waals surface area contributed by atoms with Crippen molar-refractivity contribution in [2.24, 2.45) is 23.2 Å². The largest absolute Gasteiger partial charge is 0.353 e. The number of carbonyl (C=O) groups is 2. The Morgan fingerprint density at radius 1 is 0.966 bits per heavy atom. The first-order valence-corrected chi connectivity index (χ1v) is 11.3. The summed E-state index contributed by atoms with van der Waals surface area (Å²) >= 11 is 0. The van der Waals surface area contributed by atoms with E-state index in [1.54, 1.807) is 12.1 Å². The van der Waals surface area contributed by atoms with Crippen molar-refractivity contribution in [1.82, 2.24) is 10.2 Å². The van der Waals surface area contributed by atoms with E-state index in [2.05, 4.69) is 5.32 Å². The highest BCUT2D eigenvalue weighted by molar-refractivity contribution is 5.83. The van der Waals surface area contributed by atoms with Crippen molar-refractivity contribution in [3.63, 3.8) is 0 Å². The third-order valence-electron chi connectivity index (χ3n) is 7.97. The highest BCUT2D eigenvalue weighted by Crippen LogP contribution is 2.60. The number of rotatable bonds is 4. The van der Waals surface area contributed by atoms with Crippen molar-refractivity contribution in [2.45, 2.75) is 63.8 Å². The monoisotopic (exact) mass is 398 g/mol. The van der Waals surface area contributed by atoms with E-state index in [9.17, 15) is 14.0 Å². The molecular weight excluding hydrogens is 367 g/mol. The smallest absolute Gasteiger partial charge is 0.226 e. The van der Waals surface area contributed by atoms with Gasteiger partial charge in [0, 0.05) is 24.5 Å². The van der Waals surface area contributed by atoms with E-state index in [1.807, 2.05) is 4.90 Å². The molecule has 5 fully saturated rings. The highest BCUT2D eigenvalue weighted by atomic mass is 19.1. The van der Waals surface area contributed by atoms with Crippen LogP contribution in [0.15, 0.2) is 24.3 Å². The van der Waals surface area contributed by atoms with Gasteiger partial charge in [-0.3, -0.25) is 9.59 Å². The van der Waals surface area contributed by atoms with E-state index >= 15 is 0 Å². The summed E-state index contributed by atoms with van der Waals surface area (Å²) in [5, 5.41) is 3.37. The number of amides is 2. The molecule has 0 spiro atoms. The van der Waals surface area contributed by atoms with Gasteiger partial charge in [-0.15, -0.1) is 0 Å². The maximum atomic E-state index is 13.2. The van der Waals surface area contributed by atoms with Gasteiger partial charge in [0.25, 0.3) is 0 Å². The zero-order chi connectivity index (χ0) is 20.0. The lowest BCUT2D eigenvalue weighted by molar-refractivity contribution is -0.147. The number of benzene rings is 1. The molecule has 156 valence electrons. The molecule has 1 N–H and O–H groups in total. The van der Waals surface area contributed by atoms with Crippen molar-refractivity contribution >= 4 is 11.8 Å². The van der Waals surface area contributed by atoms with Gasteiger partial charge in [-0.1, -0.05) is 12.1 Å². The lowest BCUT2D eigenvalue weighted by Crippen LogP contribution is -2.56. The number of halogens is 1. The van der Waals surface area contributed by atoms with Gasteiger partial charge in [0.2, 0.25) is 11.8 Å². The molecule has 4 saturated carbocycles. The molecule has 0 unspecified atom stereocenters. The van der Waals surface area contributed by atoms with Crippen molar-refractivity contribution in [3.05, 3.63) is 35.6 Å². The van der Waals surface area contributed by atoms with Gasteiger partial charge in [0.1, 0.15) is 5.82 Å². The quantitative estimate of drug-likeness (QED) is 0.841. The average Bonchev–Trinajstić information content (AvgIpc) is 2.69. The highest BCUT2D eigenvalue weighted by Gasteiger charge is 2.54. The summed E-state index contributed by atoms with van der Waals surface area (Å²) in [4.78, 5) is 27.7. The number of carbonyl (C=O) groups excluding carboxylic acids is 2. The Morgan fingerprint density at radius 3 is 2.07 bits per heavy atom. The molecule has 0 atom stereocenters. The van der Waals surface area contributed by atoms with Crippen LogP contribution >= 0.6 is 0 Å². The maximum Gasteiger partial charge on any atom is 0.226 e. The second kappa shape index (κ2) is 7.41. The van der Waals surface area contributed by atoms with Gasteiger partial charge in [-0.25, -0.2) is 4.39 Å². The van der Waals surface area contributed by atoms with Gasteiger partial charge in [-0.05, 0) is 86.8 Å². The lowest BCUT2D eigenvalue weighted by Gasteiger charge is -2.56. The Morgan fingerprint density at radius 2 is 1.52 bits per heavy atom. The molecular formula is C24H31FN2O2. The SMILES string of the molecule is O=C(Cc1ccc(F)cc1)N1CCC(NC(=O)C23CC4CC(CC(C4)C2)C3)CC1. The fraction of sp³-hybridized carbons (Fsp3) is 0.667. The Kier molecular flexibility index (Phi) is 4.87. The zero-order valence-corrected chi connectivity index (χ0v) is 17.0. The molecule has 29 heavy (non-hydrogen) atoms. The molecule has 6 rings (SSSR count). The molecule has 1 aromatic rings. The van der Waals surface area contributed by atoms with Crippen LogP contribution in [0.4, 0.5) is 4.39 Å². The predicted octanol–water partition coefficient (Wildman–Crippen LogP) is 3.69. The minimum absolute atomic E-state index is 0.0856. The molecule has 2 amide bonds. The summed E-state index contributed by atoms with van der Waals surface area (Å²) in [5.41, 5.74) is 0.748. The van der Waals surface area contributed by atoms with Gasteiger partial charge in [0.15, 0.2) is 0 Å². The normalized spacial score (nSPS) is 33.7. The third-order valence-corrected chi connectivity index (χ3v) is 7.97. The number of hydrogen-bond donors (Lipinski definition) is 1. The van der Waals surface area contributed by atoms with E-state index in [0.29, 0.717) is 25.4 Å². The molecule has 0 radical (unpaired) electrons. The van der Waals surface area contributed by atoms with Crippen molar-refractivity contribution in [2.75, 3.05) is 13.1 Å². The molecule has 4 bridgehead atoms. The van der Waals surface area contributed by atoms with Crippen molar-refractivity contribution < 1.29 is 14.0 Å². The van der Waals surface area contributed by atoms with E-state index in [4.69, 9.17) is 0 Å². The minimum atomic E-state index is -0.281. The Labute approximate surface area is 172 Å².